The molecule has 1 fully saturated rings. The van der Waals surface area contributed by atoms with Gasteiger partial charge in [-0.15, -0.1) is 0 Å². The number of ether oxygens (including phenoxy) is 2. The lowest BCUT2D eigenvalue weighted by Crippen LogP contribution is -2.49. The van der Waals surface area contributed by atoms with Gasteiger partial charge in [0.05, 0.1) is 19.1 Å². The van der Waals surface area contributed by atoms with Gasteiger partial charge in [0.25, 0.3) is 0 Å². The number of rotatable bonds is 5. The van der Waals surface area contributed by atoms with E-state index in [4.69, 9.17) is 9.47 Å². The van der Waals surface area contributed by atoms with E-state index in [0.717, 1.165) is 36.3 Å². The molecule has 0 aliphatic carbocycles. The van der Waals surface area contributed by atoms with Crippen LogP contribution in [0.5, 0.6) is 11.5 Å². The van der Waals surface area contributed by atoms with E-state index in [9.17, 15) is 10.1 Å². The van der Waals surface area contributed by atoms with E-state index in [1.54, 1.807) is 14.2 Å². The average Bonchev–Trinajstić information content (AvgIpc) is 3.04. The SMILES string of the molecule is COc1ccc(C2NC(c3ccc(OC)cc3)N3CCCCNC3=C2[N+](=O)[O-])cc1. The fraction of sp³-hybridized carbons (Fsp3) is 0.364. The summed E-state index contributed by atoms with van der Waals surface area (Å²) in [6.45, 7) is 1.45. The van der Waals surface area contributed by atoms with Gasteiger partial charge in [-0.1, -0.05) is 24.3 Å². The molecule has 2 heterocycles. The Bertz CT molecular complexity index is 927. The molecule has 0 aromatic heterocycles. The maximum atomic E-state index is 12.2. The number of nitrogens with one attached hydrogen (secondary N) is 2. The van der Waals surface area contributed by atoms with Crippen LogP contribution in [0.3, 0.4) is 0 Å². The Balaban J connectivity index is 1.81. The van der Waals surface area contributed by atoms with E-state index in [-0.39, 0.29) is 16.8 Å². The van der Waals surface area contributed by atoms with E-state index < -0.39 is 6.04 Å². The molecule has 30 heavy (non-hydrogen) atoms. The minimum atomic E-state index is -0.560. The Morgan fingerprint density at radius 3 is 2.13 bits per heavy atom. The molecule has 8 heteroatoms. The Kier molecular flexibility index (Phi) is 5.76. The first-order chi connectivity index (χ1) is 14.6. The predicted octanol–water partition coefficient (Wildman–Crippen LogP) is 3.18. The Labute approximate surface area is 175 Å². The maximum Gasteiger partial charge on any atom is 0.307 e. The molecule has 0 spiro atoms. The molecule has 4 rings (SSSR count). The fourth-order valence-electron chi connectivity index (χ4n) is 4.09. The molecule has 1 saturated heterocycles. The van der Waals surface area contributed by atoms with Crippen molar-refractivity contribution in [3.8, 4) is 11.5 Å². The van der Waals surface area contributed by atoms with Crippen LogP contribution in [0.15, 0.2) is 60.0 Å². The quantitative estimate of drug-likeness (QED) is 0.578. The summed E-state index contributed by atoms with van der Waals surface area (Å²) in [5, 5.41) is 19.0. The van der Waals surface area contributed by atoms with Crippen molar-refractivity contribution >= 4 is 0 Å². The summed E-state index contributed by atoms with van der Waals surface area (Å²) in [4.78, 5) is 14.0. The number of nitrogens with zero attached hydrogens (tertiary/aromatic N) is 2. The van der Waals surface area contributed by atoms with Gasteiger partial charge in [0, 0.05) is 13.1 Å². The first-order valence-electron chi connectivity index (χ1n) is 10.1. The van der Waals surface area contributed by atoms with Crippen LogP contribution in [0.2, 0.25) is 0 Å². The third kappa shape index (κ3) is 3.78. The van der Waals surface area contributed by atoms with Gasteiger partial charge in [-0.3, -0.25) is 15.4 Å². The number of nitro groups is 1. The van der Waals surface area contributed by atoms with E-state index in [0.29, 0.717) is 18.1 Å². The summed E-state index contributed by atoms with van der Waals surface area (Å²) in [5.74, 6) is 2.08. The van der Waals surface area contributed by atoms with Crippen LogP contribution in [0.1, 0.15) is 36.2 Å². The minimum absolute atomic E-state index is 0.145. The molecule has 2 aromatic rings. The van der Waals surface area contributed by atoms with Crippen LogP contribution in [0.25, 0.3) is 0 Å². The lowest BCUT2D eigenvalue weighted by molar-refractivity contribution is -0.436. The summed E-state index contributed by atoms with van der Waals surface area (Å²) < 4.78 is 10.5. The standard InChI is InChI=1S/C22H26N4O4/c1-29-17-9-5-15(6-10-17)19-20(26(27)28)22-23-13-3-4-14-25(22)21(24-19)16-7-11-18(30-2)12-8-16/h5-12,19,21,23-24H,3-4,13-14H2,1-2H3. The zero-order chi connectivity index (χ0) is 21.1. The maximum absolute atomic E-state index is 12.2. The topological polar surface area (TPSA) is 88.9 Å². The van der Waals surface area contributed by atoms with Crippen molar-refractivity contribution in [3.63, 3.8) is 0 Å². The fourth-order valence-corrected chi connectivity index (χ4v) is 4.09. The third-order valence-electron chi connectivity index (χ3n) is 5.64. The van der Waals surface area contributed by atoms with Gasteiger partial charge in [-0.2, -0.15) is 0 Å². The second kappa shape index (κ2) is 8.62. The molecule has 2 aromatic carbocycles. The molecule has 0 amide bonds. The number of hydrogen-bond acceptors (Lipinski definition) is 7. The van der Waals surface area contributed by atoms with Crippen molar-refractivity contribution in [2.24, 2.45) is 0 Å². The van der Waals surface area contributed by atoms with Gasteiger partial charge in [0.15, 0.2) is 5.82 Å². The van der Waals surface area contributed by atoms with Crippen molar-refractivity contribution < 1.29 is 14.4 Å². The summed E-state index contributed by atoms with van der Waals surface area (Å²) in [7, 11) is 3.24. The molecule has 0 saturated carbocycles. The molecule has 2 atom stereocenters. The van der Waals surface area contributed by atoms with Crippen molar-refractivity contribution in [1.82, 2.24) is 15.5 Å². The van der Waals surface area contributed by atoms with Crippen LogP contribution in [0, 0.1) is 10.1 Å². The van der Waals surface area contributed by atoms with Crippen LogP contribution in [-0.4, -0.2) is 37.1 Å². The first-order valence-corrected chi connectivity index (χ1v) is 10.1. The molecule has 2 aliphatic rings. The number of methoxy groups -OCH3 is 2. The van der Waals surface area contributed by atoms with Gasteiger partial charge >= 0.3 is 5.70 Å². The van der Waals surface area contributed by atoms with Crippen LogP contribution in [0.4, 0.5) is 0 Å². The van der Waals surface area contributed by atoms with Gasteiger partial charge in [0.1, 0.15) is 23.7 Å². The van der Waals surface area contributed by atoms with Crippen molar-refractivity contribution in [3.05, 3.63) is 81.3 Å². The molecular weight excluding hydrogens is 384 g/mol. The van der Waals surface area contributed by atoms with Crippen molar-refractivity contribution in [1.29, 1.82) is 0 Å². The smallest absolute Gasteiger partial charge is 0.307 e. The summed E-state index contributed by atoms with van der Waals surface area (Å²) in [6.07, 6.45) is 1.73. The van der Waals surface area contributed by atoms with E-state index >= 15 is 0 Å². The lowest BCUT2D eigenvalue weighted by Gasteiger charge is -2.41. The van der Waals surface area contributed by atoms with Gasteiger partial charge < -0.3 is 19.7 Å². The number of fused-ring (bicyclic) bond motifs is 1. The van der Waals surface area contributed by atoms with Gasteiger partial charge in [0.2, 0.25) is 0 Å². The van der Waals surface area contributed by atoms with Gasteiger partial charge in [-0.05, 0) is 48.2 Å². The second-order valence-corrected chi connectivity index (χ2v) is 7.37. The predicted molar refractivity (Wildman–Crippen MR) is 113 cm³/mol. The van der Waals surface area contributed by atoms with Crippen LogP contribution >= 0.6 is 0 Å². The van der Waals surface area contributed by atoms with E-state index in [1.807, 2.05) is 48.5 Å². The molecule has 2 unspecified atom stereocenters. The molecule has 158 valence electrons. The van der Waals surface area contributed by atoms with E-state index in [2.05, 4.69) is 15.5 Å². The first kappa shape index (κ1) is 20.0. The summed E-state index contributed by atoms with van der Waals surface area (Å²) in [6, 6.07) is 14.7. The molecule has 0 radical (unpaired) electrons. The highest BCUT2D eigenvalue weighted by molar-refractivity contribution is 5.37. The monoisotopic (exact) mass is 410 g/mol. The molecule has 0 bridgehead atoms. The van der Waals surface area contributed by atoms with Gasteiger partial charge in [-0.25, -0.2) is 0 Å². The summed E-state index contributed by atoms with van der Waals surface area (Å²) >= 11 is 0. The minimum Gasteiger partial charge on any atom is -0.497 e. The highest BCUT2D eigenvalue weighted by atomic mass is 16.6. The normalized spacial score (nSPS) is 21.3. The van der Waals surface area contributed by atoms with E-state index in [1.165, 1.54) is 0 Å². The molecule has 2 aliphatic heterocycles. The van der Waals surface area contributed by atoms with Crippen LogP contribution < -0.4 is 20.1 Å². The average molecular weight is 410 g/mol. The molecule has 2 N–H and O–H groups in total. The Morgan fingerprint density at radius 2 is 1.57 bits per heavy atom. The highest BCUT2D eigenvalue weighted by Gasteiger charge is 2.43. The molecule has 8 nitrogen and oxygen atoms in total. The largest absolute Gasteiger partial charge is 0.497 e. The third-order valence-corrected chi connectivity index (χ3v) is 5.64. The number of benzene rings is 2. The van der Waals surface area contributed by atoms with Crippen LogP contribution in [-0.2, 0) is 0 Å². The zero-order valence-electron chi connectivity index (χ0n) is 17.1. The van der Waals surface area contributed by atoms with Crippen molar-refractivity contribution in [2.75, 3.05) is 27.3 Å². The zero-order valence-corrected chi connectivity index (χ0v) is 17.1. The Morgan fingerprint density at radius 1 is 0.967 bits per heavy atom. The highest BCUT2D eigenvalue weighted by Crippen LogP contribution is 2.38. The number of hydrogen-bond donors (Lipinski definition) is 2. The second-order valence-electron chi connectivity index (χ2n) is 7.37. The molecular formula is C22H26N4O4. The summed E-state index contributed by atoms with van der Waals surface area (Å²) in [5.41, 5.74) is 1.99. The van der Waals surface area contributed by atoms with Crippen molar-refractivity contribution in [2.45, 2.75) is 25.0 Å². The Hall–Kier alpha value is -3.26. The lowest BCUT2D eigenvalue weighted by atomic mass is 9.98.